The molecule has 0 fully saturated rings. The van der Waals surface area contributed by atoms with Crippen LogP contribution in [0.25, 0.3) is 0 Å². The van der Waals surface area contributed by atoms with E-state index in [1.165, 1.54) is 45.4 Å². The van der Waals surface area contributed by atoms with E-state index in [1.807, 2.05) is 0 Å². The first-order valence-corrected chi connectivity index (χ1v) is 7.66. The zero-order valence-electron chi connectivity index (χ0n) is 12.4. The van der Waals surface area contributed by atoms with Gasteiger partial charge in [-0.05, 0) is 25.7 Å². The van der Waals surface area contributed by atoms with Crippen molar-refractivity contribution in [2.75, 3.05) is 13.2 Å². The van der Waals surface area contributed by atoms with Gasteiger partial charge in [0.2, 0.25) is 0 Å². The summed E-state index contributed by atoms with van der Waals surface area (Å²) < 4.78 is 4.88. The molecule has 19 heavy (non-hydrogen) atoms. The predicted molar refractivity (Wildman–Crippen MR) is 79.0 cm³/mol. The van der Waals surface area contributed by atoms with Gasteiger partial charge in [0, 0.05) is 13.5 Å². The van der Waals surface area contributed by atoms with Gasteiger partial charge in [-0.1, -0.05) is 50.7 Å². The summed E-state index contributed by atoms with van der Waals surface area (Å²) in [6.45, 7) is 2.29. The van der Waals surface area contributed by atoms with Gasteiger partial charge in [-0.3, -0.25) is 4.79 Å². The van der Waals surface area contributed by atoms with Crippen LogP contribution in [-0.4, -0.2) is 24.3 Å². The smallest absolute Gasteiger partial charge is 0.302 e. The van der Waals surface area contributed by atoms with Crippen LogP contribution in [0.3, 0.4) is 0 Å². The minimum Gasteiger partial charge on any atom is -0.466 e. The van der Waals surface area contributed by atoms with Gasteiger partial charge in [-0.2, -0.15) is 0 Å². The number of aliphatic hydroxyl groups is 1. The molecule has 0 amide bonds. The van der Waals surface area contributed by atoms with Crippen molar-refractivity contribution in [2.24, 2.45) is 0 Å². The minimum absolute atomic E-state index is 0.173. The SMILES string of the molecule is CC(=O)OCCCCCCCCCCC=CCCO. The van der Waals surface area contributed by atoms with Crippen molar-refractivity contribution in [3.05, 3.63) is 12.2 Å². The Balaban J connectivity index is 3.01. The van der Waals surface area contributed by atoms with Gasteiger partial charge in [-0.25, -0.2) is 0 Å². The fourth-order valence-electron chi connectivity index (χ4n) is 1.95. The standard InChI is InChI=1S/C16H30O3/c1-16(18)19-15-13-11-9-7-5-3-2-4-6-8-10-12-14-17/h8,10,17H,2-7,9,11-15H2,1H3. The number of carbonyl (C=O) groups excluding carboxylic acids is 1. The Kier molecular flexibility index (Phi) is 14.6. The summed E-state index contributed by atoms with van der Waals surface area (Å²) in [5.74, 6) is -0.173. The molecule has 0 atom stereocenters. The maximum atomic E-state index is 10.5. The van der Waals surface area contributed by atoms with Crippen molar-refractivity contribution < 1.29 is 14.6 Å². The van der Waals surface area contributed by atoms with Crippen molar-refractivity contribution in [1.82, 2.24) is 0 Å². The highest BCUT2D eigenvalue weighted by molar-refractivity contribution is 5.65. The highest BCUT2D eigenvalue weighted by Crippen LogP contribution is 2.10. The summed E-state index contributed by atoms with van der Waals surface area (Å²) in [6, 6.07) is 0. The van der Waals surface area contributed by atoms with Gasteiger partial charge >= 0.3 is 5.97 Å². The largest absolute Gasteiger partial charge is 0.466 e. The van der Waals surface area contributed by atoms with E-state index < -0.39 is 0 Å². The molecule has 0 bridgehead atoms. The van der Waals surface area contributed by atoms with E-state index in [-0.39, 0.29) is 12.6 Å². The molecule has 3 heteroatoms. The third-order valence-corrected chi connectivity index (χ3v) is 3.03. The third-order valence-electron chi connectivity index (χ3n) is 3.03. The second-order valence-electron chi connectivity index (χ2n) is 4.94. The van der Waals surface area contributed by atoms with Gasteiger partial charge in [-0.15, -0.1) is 0 Å². The molecular weight excluding hydrogens is 240 g/mol. The number of allylic oxidation sites excluding steroid dienone is 1. The fraction of sp³-hybridized carbons (Fsp3) is 0.812. The minimum atomic E-state index is -0.173. The summed E-state index contributed by atoms with van der Waals surface area (Å²) in [4.78, 5) is 10.5. The average Bonchev–Trinajstić information content (AvgIpc) is 2.39. The van der Waals surface area contributed by atoms with E-state index in [1.54, 1.807) is 0 Å². The summed E-state index contributed by atoms with van der Waals surface area (Å²) in [5.41, 5.74) is 0. The number of esters is 1. The number of hydrogen-bond donors (Lipinski definition) is 1. The van der Waals surface area contributed by atoms with Crippen LogP contribution in [-0.2, 0) is 9.53 Å². The topological polar surface area (TPSA) is 46.5 Å². The molecule has 0 unspecified atom stereocenters. The molecule has 0 radical (unpaired) electrons. The molecule has 0 rings (SSSR count). The molecule has 3 nitrogen and oxygen atoms in total. The first kappa shape index (κ1) is 18.2. The number of aliphatic hydroxyl groups excluding tert-OH is 1. The summed E-state index contributed by atoms with van der Waals surface area (Å²) >= 11 is 0. The molecule has 1 N–H and O–H groups in total. The van der Waals surface area contributed by atoms with Crippen molar-refractivity contribution >= 4 is 5.97 Å². The maximum absolute atomic E-state index is 10.5. The molecule has 0 aromatic carbocycles. The Bertz CT molecular complexity index is 224. The van der Waals surface area contributed by atoms with Gasteiger partial charge in [0.1, 0.15) is 0 Å². The average molecular weight is 270 g/mol. The van der Waals surface area contributed by atoms with Crippen LogP contribution in [0.1, 0.15) is 71.1 Å². The van der Waals surface area contributed by atoms with E-state index in [0.29, 0.717) is 6.61 Å². The summed E-state index contributed by atoms with van der Waals surface area (Å²) in [5, 5.41) is 8.59. The number of ether oxygens (including phenoxy) is 1. The second kappa shape index (κ2) is 15.2. The monoisotopic (exact) mass is 270 g/mol. The van der Waals surface area contributed by atoms with Crippen LogP contribution in [0.5, 0.6) is 0 Å². The van der Waals surface area contributed by atoms with Gasteiger partial charge in [0.05, 0.1) is 6.61 Å². The molecule has 0 aliphatic heterocycles. The Morgan fingerprint density at radius 3 is 2.00 bits per heavy atom. The van der Waals surface area contributed by atoms with E-state index in [0.717, 1.165) is 25.7 Å². The Labute approximate surface area is 118 Å². The van der Waals surface area contributed by atoms with Gasteiger partial charge < -0.3 is 9.84 Å². The molecule has 0 spiro atoms. The second-order valence-corrected chi connectivity index (χ2v) is 4.94. The van der Waals surface area contributed by atoms with E-state index >= 15 is 0 Å². The van der Waals surface area contributed by atoms with Crippen molar-refractivity contribution in [3.8, 4) is 0 Å². The lowest BCUT2D eigenvalue weighted by atomic mass is 10.1. The Hall–Kier alpha value is -0.830. The van der Waals surface area contributed by atoms with Gasteiger partial charge in [0.15, 0.2) is 0 Å². The molecule has 0 aromatic heterocycles. The zero-order valence-corrected chi connectivity index (χ0v) is 12.4. The molecule has 0 saturated heterocycles. The highest BCUT2D eigenvalue weighted by atomic mass is 16.5. The Morgan fingerprint density at radius 1 is 0.895 bits per heavy atom. The van der Waals surface area contributed by atoms with Crippen molar-refractivity contribution in [1.29, 1.82) is 0 Å². The number of hydrogen-bond acceptors (Lipinski definition) is 3. The lowest BCUT2D eigenvalue weighted by Crippen LogP contribution is -2.00. The van der Waals surface area contributed by atoms with E-state index in [4.69, 9.17) is 9.84 Å². The van der Waals surface area contributed by atoms with Crippen molar-refractivity contribution in [3.63, 3.8) is 0 Å². The number of rotatable bonds is 13. The fourth-order valence-corrected chi connectivity index (χ4v) is 1.95. The van der Waals surface area contributed by atoms with Gasteiger partial charge in [0.25, 0.3) is 0 Å². The molecular formula is C16H30O3. The molecule has 112 valence electrons. The Morgan fingerprint density at radius 2 is 1.42 bits per heavy atom. The highest BCUT2D eigenvalue weighted by Gasteiger charge is 1.94. The lowest BCUT2D eigenvalue weighted by Gasteiger charge is -2.02. The van der Waals surface area contributed by atoms with E-state index in [2.05, 4.69) is 12.2 Å². The van der Waals surface area contributed by atoms with Crippen LogP contribution in [0.15, 0.2) is 12.2 Å². The first-order chi connectivity index (χ1) is 9.27. The van der Waals surface area contributed by atoms with Crippen LogP contribution in [0.4, 0.5) is 0 Å². The van der Waals surface area contributed by atoms with Crippen LogP contribution >= 0.6 is 0 Å². The maximum Gasteiger partial charge on any atom is 0.302 e. The quantitative estimate of drug-likeness (QED) is 0.312. The molecule has 0 aliphatic rings. The molecule has 0 saturated carbocycles. The van der Waals surface area contributed by atoms with Crippen LogP contribution in [0.2, 0.25) is 0 Å². The van der Waals surface area contributed by atoms with Crippen LogP contribution < -0.4 is 0 Å². The molecule has 0 aliphatic carbocycles. The summed E-state index contributed by atoms with van der Waals surface area (Å²) in [7, 11) is 0. The zero-order chi connectivity index (χ0) is 14.2. The first-order valence-electron chi connectivity index (χ1n) is 7.66. The number of carbonyl (C=O) groups is 1. The van der Waals surface area contributed by atoms with E-state index in [9.17, 15) is 4.79 Å². The summed E-state index contributed by atoms with van der Waals surface area (Å²) in [6.07, 6.45) is 16.0. The normalized spacial score (nSPS) is 11.1. The van der Waals surface area contributed by atoms with Crippen molar-refractivity contribution in [2.45, 2.75) is 71.1 Å². The third kappa shape index (κ3) is 17.2. The lowest BCUT2D eigenvalue weighted by molar-refractivity contribution is -0.141. The predicted octanol–water partition coefficient (Wildman–Crippen LogP) is 4.00. The van der Waals surface area contributed by atoms with Crippen LogP contribution in [0, 0.1) is 0 Å². The number of unbranched alkanes of at least 4 members (excludes halogenated alkanes) is 8. The molecule has 0 aromatic rings. The molecule has 0 heterocycles.